The van der Waals surface area contributed by atoms with Crippen LogP contribution in [0.15, 0.2) is 30.4 Å². The molecule has 0 N–H and O–H groups in total. The molecule has 128 valence electrons. The molecule has 0 radical (unpaired) electrons. The van der Waals surface area contributed by atoms with Crippen molar-refractivity contribution in [1.29, 1.82) is 0 Å². The number of fused-ring (bicyclic) bond motifs is 1. The molecule has 3 atom stereocenters. The highest BCUT2D eigenvalue weighted by atomic mass is 19.1. The monoisotopic (exact) mass is 320 g/mol. The summed E-state index contributed by atoms with van der Waals surface area (Å²) in [5, 5.41) is 0. The van der Waals surface area contributed by atoms with Gasteiger partial charge in [-0.25, -0.2) is 4.79 Å². The summed E-state index contributed by atoms with van der Waals surface area (Å²) < 4.78 is 15.2. The van der Waals surface area contributed by atoms with Crippen LogP contribution >= 0.6 is 0 Å². The lowest BCUT2D eigenvalue weighted by Gasteiger charge is -2.24. The first-order valence-electron chi connectivity index (χ1n) is 8.31. The van der Waals surface area contributed by atoms with E-state index in [1.807, 2.05) is 32.0 Å². The van der Waals surface area contributed by atoms with E-state index in [-0.39, 0.29) is 12.1 Å². The van der Waals surface area contributed by atoms with Crippen LogP contribution in [-0.2, 0) is 11.2 Å². The van der Waals surface area contributed by atoms with Crippen LogP contribution in [-0.4, -0.2) is 19.3 Å². The van der Waals surface area contributed by atoms with Gasteiger partial charge in [0.1, 0.15) is 0 Å². The Morgan fingerprint density at radius 3 is 2.48 bits per heavy atom. The first-order chi connectivity index (χ1) is 11.0. The number of carbonyl (C=O) groups is 1. The number of carbonyl (C=O) groups excluding carboxylic acids is 1. The summed E-state index contributed by atoms with van der Waals surface area (Å²) in [6.07, 6.45) is 7.20. The SMILES string of the molecule is CF.Cc1cccc2c1C(=O)OC(C)CC(C)C(C)CC=CC2. The number of benzene rings is 1. The number of halogens is 1. The van der Waals surface area contributed by atoms with Crippen LogP contribution in [0, 0.1) is 18.8 Å². The van der Waals surface area contributed by atoms with E-state index >= 15 is 0 Å². The van der Waals surface area contributed by atoms with Crippen LogP contribution in [0.5, 0.6) is 0 Å². The maximum atomic E-state index is 12.5. The highest BCUT2D eigenvalue weighted by Crippen LogP contribution is 2.24. The lowest BCUT2D eigenvalue weighted by atomic mass is 9.88. The Morgan fingerprint density at radius 2 is 1.78 bits per heavy atom. The molecule has 0 aromatic heterocycles. The van der Waals surface area contributed by atoms with Gasteiger partial charge in [-0.15, -0.1) is 0 Å². The van der Waals surface area contributed by atoms with E-state index in [1.54, 1.807) is 0 Å². The fourth-order valence-corrected chi connectivity index (χ4v) is 2.99. The number of alkyl halides is 1. The summed E-state index contributed by atoms with van der Waals surface area (Å²) in [7, 11) is 0.500. The van der Waals surface area contributed by atoms with Crippen LogP contribution in [0.25, 0.3) is 0 Å². The molecule has 1 aromatic rings. The fourth-order valence-electron chi connectivity index (χ4n) is 2.99. The molecule has 3 heteroatoms. The molecule has 0 saturated carbocycles. The molecule has 1 heterocycles. The average Bonchev–Trinajstić information content (AvgIpc) is 2.52. The first kappa shape index (κ1) is 19.4. The first-order valence-corrected chi connectivity index (χ1v) is 8.31. The summed E-state index contributed by atoms with van der Waals surface area (Å²) in [6, 6.07) is 6.01. The zero-order chi connectivity index (χ0) is 17.4. The van der Waals surface area contributed by atoms with Crippen molar-refractivity contribution in [1.82, 2.24) is 0 Å². The number of hydrogen-bond acceptors (Lipinski definition) is 2. The summed E-state index contributed by atoms with van der Waals surface area (Å²) in [6.45, 7) is 8.49. The van der Waals surface area contributed by atoms with Crippen LogP contribution in [0.4, 0.5) is 4.39 Å². The summed E-state index contributed by atoms with van der Waals surface area (Å²) >= 11 is 0. The third-order valence-electron chi connectivity index (χ3n) is 4.56. The van der Waals surface area contributed by atoms with Gasteiger partial charge in [0.2, 0.25) is 0 Å². The Kier molecular flexibility index (Phi) is 8.01. The van der Waals surface area contributed by atoms with E-state index in [0.717, 1.165) is 36.0 Å². The van der Waals surface area contributed by atoms with E-state index in [2.05, 4.69) is 26.0 Å². The van der Waals surface area contributed by atoms with Gasteiger partial charge in [-0.1, -0.05) is 44.2 Å². The second-order valence-electron chi connectivity index (χ2n) is 6.43. The highest BCUT2D eigenvalue weighted by Gasteiger charge is 2.21. The predicted octanol–water partition coefficient (Wildman–Crippen LogP) is 5.29. The van der Waals surface area contributed by atoms with E-state index in [4.69, 9.17) is 4.74 Å². The van der Waals surface area contributed by atoms with Crippen LogP contribution in [0.3, 0.4) is 0 Å². The molecule has 0 saturated heterocycles. The molecule has 1 aliphatic rings. The number of rotatable bonds is 0. The zero-order valence-corrected chi connectivity index (χ0v) is 14.9. The second kappa shape index (κ2) is 9.49. The quantitative estimate of drug-likeness (QED) is 0.479. The third kappa shape index (κ3) is 5.49. The molecule has 2 nitrogen and oxygen atoms in total. The fraction of sp³-hybridized carbons (Fsp3) is 0.550. The van der Waals surface area contributed by atoms with Crippen LogP contribution in [0.1, 0.15) is 55.1 Å². The summed E-state index contributed by atoms with van der Waals surface area (Å²) in [4.78, 5) is 12.5. The Balaban J connectivity index is 0.00000127. The van der Waals surface area contributed by atoms with Crippen LogP contribution in [0.2, 0.25) is 0 Å². The molecule has 0 fully saturated rings. The van der Waals surface area contributed by atoms with Crippen molar-refractivity contribution in [3.8, 4) is 0 Å². The predicted molar refractivity (Wildman–Crippen MR) is 93.5 cm³/mol. The van der Waals surface area contributed by atoms with Crippen molar-refractivity contribution < 1.29 is 13.9 Å². The number of aryl methyl sites for hydroxylation is 1. The smallest absolute Gasteiger partial charge is 0.338 e. The standard InChI is InChI=1S/C19H26O2.CH3F/c1-13-8-5-6-10-17-11-7-9-14(2)18(17)19(20)21-16(4)12-15(13)3;1-2/h5-7,9,11,13,15-16H,8,10,12H2,1-4H3;1H3. The van der Waals surface area contributed by atoms with Crippen molar-refractivity contribution in [3.05, 3.63) is 47.0 Å². The Hall–Kier alpha value is -1.64. The van der Waals surface area contributed by atoms with Crippen molar-refractivity contribution in [3.63, 3.8) is 0 Å². The van der Waals surface area contributed by atoms with Gasteiger partial charge in [-0.2, -0.15) is 0 Å². The Labute approximate surface area is 139 Å². The molecular formula is C20H29FO2. The van der Waals surface area contributed by atoms with Crippen LogP contribution < -0.4 is 0 Å². The molecule has 1 aromatic carbocycles. The van der Waals surface area contributed by atoms with Gasteiger partial charge in [0, 0.05) is 0 Å². The van der Waals surface area contributed by atoms with Gasteiger partial charge >= 0.3 is 5.97 Å². The van der Waals surface area contributed by atoms with Gasteiger partial charge in [0.15, 0.2) is 0 Å². The van der Waals surface area contributed by atoms with E-state index < -0.39 is 0 Å². The minimum absolute atomic E-state index is 0.0363. The summed E-state index contributed by atoms with van der Waals surface area (Å²) in [5.74, 6) is 0.983. The third-order valence-corrected chi connectivity index (χ3v) is 4.56. The molecule has 0 bridgehead atoms. The number of allylic oxidation sites excluding steroid dienone is 2. The average molecular weight is 320 g/mol. The van der Waals surface area contributed by atoms with Gasteiger partial charge in [0.25, 0.3) is 0 Å². The lowest BCUT2D eigenvalue weighted by Crippen LogP contribution is -2.22. The molecule has 1 aliphatic heterocycles. The van der Waals surface area contributed by atoms with E-state index in [0.29, 0.717) is 19.0 Å². The molecule has 0 aliphatic carbocycles. The molecule has 23 heavy (non-hydrogen) atoms. The van der Waals surface area contributed by atoms with Crippen molar-refractivity contribution >= 4 is 5.97 Å². The van der Waals surface area contributed by atoms with Gasteiger partial charge in [-0.05, 0) is 56.1 Å². The molecule has 2 rings (SSSR count). The van der Waals surface area contributed by atoms with Gasteiger partial charge in [0.05, 0.1) is 18.8 Å². The number of ether oxygens (including phenoxy) is 1. The molecule has 0 spiro atoms. The zero-order valence-electron chi connectivity index (χ0n) is 14.9. The normalized spacial score (nSPS) is 25.1. The van der Waals surface area contributed by atoms with Crippen molar-refractivity contribution in [2.75, 3.05) is 7.18 Å². The minimum atomic E-state index is -0.176. The molecular weight excluding hydrogens is 291 g/mol. The minimum Gasteiger partial charge on any atom is -0.459 e. The topological polar surface area (TPSA) is 26.3 Å². The Bertz CT molecular complexity index is 536. The van der Waals surface area contributed by atoms with Gasteiger partial charge < -0.3 is 4.74 Å². The molecule has 0 amide bonds. The second-order valence-corrected chi connectivity index (χ2v) is 6.43. The van der Waals surface area contributed by atoms with Crippen molar-refractivity contribution in [2.24, 2.45) is 11.8 Å². The van der Waals surface area contributed by atoms with E-state index in [9.17, 15) is 9.18 Å². The lowest BCUT2D eigenvalue weighted by molar-refractivity contribution is 0.0273. The van der Waals surface area contributed by atoms with Gasteiger partial charge in [-0.3, -0.25) is 4.39 Å². The maximum absolute atomic E-state index is 12.5. The van der Waals surface area contributed by atoms with Crippen molar-refractivity contribution in [2.45, 2.75) is 53.1 Å². The maximum Gasteiger partial charge on any atom is 0.338 e. The highest BCUT2D eigenvalue weighted by molar-refractivity contribution is 5.93. The largest absolute Gasteiger partial charge is 0.459 e. The number of cyclic esters (lactones) is 1. The number of hydrogen-bond donors (Lipinski definition) is 0. The summed E-state index contributed by atoms with van der Waals surface area (Å²) in [5.41, 5.74) is 2.80. The Morgan fingerprint density at radius 1 is 1.09 bits per heavy atom. The number of esters is 1. The van der Waals surface area contributed by atoms with E-state index in [1.165, 1.54) is 0 Å². The molecule has 3 unspecified atom stereocenters.